The Labute approximate surface area is 74.6 Å². The lowest BCUT2D eigenvalue weighted by atomic mass is 10.2. The van der Waals surface area contributed by atoms with Crippen LogP contribution in [-0.2, 0) is 14.3 Å². The third kappa shape index (κ3) is 4.84. The lowest BCUT2D eigenvalue weighted by Crippen LogP contribution is -2.13. The summed E-state index contributed by atoms with van der Waals surface area (Å²) in [6.45, 7) is 6.94. The van der Waals surface area contributed by atoms with E-state index in [1.807, 2.05) is 6.55 Å². The summed E-state index contributed by atoms with van der Waals surface area (Å²) in [7, 11) is 0.565. The minimum Gasteiger partial charge on any atom is -0.470 e. The average Bonchev–Trinajstić information content (AvgIpc) is 2.00. The quantitative estimate of drug-likeness (QED) is 0.274. The summed E-state index contributed by atoms with van der Waals surface area (Å²) in [4.78, 5) is 21.8. The molecule has 12 heavy (non-hydrogen) atoms. The fraction of sp³-hybridized carbons (Fsp3) is 0.500. The standard InChI is InChI=1S/C8H12O3Si/c1-6(2)7(9)4-8(10)11-5-12-3/h1,4-5H2,2-3H3. The molecule has 0 aromatic heterocycles. The van der Waals surface area contributed by atoms with Crippen molar-refractivity contribution in [2.24, 2.45) is 0 Å². The molecule has 0 saturated heterocycles. The summed E-state index contributed by atoms with van der Waals surface area (Å²) >= 11 is 0. The molecule has 0 bridgehead atoms. The zero-order valence-corrected chi connectivity index (χ0v) is 8.35. The number of esters is 1. The molecule has 0 aromatic rings. The van der Waals surface area contributed by atoms with Crippen LogP contribution in [0.3, 0.4) is 0 Å². The van der Waals surface area contributed by atoms with Gasteiger partial charge in [0.1, 0.15) is 6.42 Å². The summed E-state index contributed by atoms with van der Waals surface area (Å²) in [6.07, 6.45) is 0.224. The van der Waals surface area contributed by atoms with Gasteiger partial charge in [-0.25, -0.2) is 0 Å². The fourth-order valence-electron chi connectivity index (χ4n) is 0.486. The van der Waals surface area contributed by atoms with E-state index in [1.54, 1.807) is 6.92 Å². The zero-order valence-electron chi connectivity index (χ0n) is 7.35. The highest BCUT2D eigenvalue weighted by molar-refractivity contribution is 6.33. The minimum atomic E-state index is -0.461. The van der Waals surface area contributed by atoms with Gasteiger partial charge in [0.25, 0.3) is 0 Å². The molecule has 0 heterocycles. The van der Waals surface area contributed by atoms with Gasteiger partial charge in [0, 0.05) is 0 Å². The normalized spacial score (nSPS) is 9.17. The SMILES string of the molecule is C=C(C)C(=O)CC(=O)OC[Si]C. The maximum Gasteiger partial charge on any atom is 0.313 e. The monoisotopic (exact) mass is 184 g/mol. The van der Waals surface area contributed by atoms with Gasteiger partial charge in [0.2, 0.25) is 0 Å². The minimum absolute atomic E-state index is 0.181. The van der Waals surface area contributed by atoms with E-state index in [9.17, 15) is 9.59 Å². The Balaban J connectivity index is 3.69. The molecule has 0 aliphatic rings. The molecule has 66 valence electrons. The first-order valence-electron chi connectivity index (χ1n) is 3.57. The van der Waals surface area contributed by atoms with E-state index < -0.39 is 5.97 Å². The molecular weight excluding hydrogens is 172 g/mol. The van der Waals surface area contributed by atoms with Crippen molar-refractivity contribution in [2.75, 3.05) is 6.23 Å². The second-order valence-electron chi connectivity index (χ2n) is 2.39. The number of allylic oxidation sites excluding steroid dienone is 1. The second kappa shape index (κ2) is 5.71. The number of Topliss-reactive ketones (excluding diaryl/α,β-unsaturated/α-hetero) is 1. The van der Waals surface area contributed by atoms with Crippen LogP contribution in [0.4, 0.5) is 0 Å². The molecule has 0 rings (SSSR count). The van der Waals surface area contributed by atoms with Gasteiger partial charge in [-0.3, -0.25) is 9.59 Å². The van der Waals surface area contributed by atoms with Crippen LogP contribution in [0.25, 0.3) is 0 Å². The fourth-order valence-corrected chi connectivity index (χ4v) is 0.791. The van der Waals surface area contributed by atoms with Crippen LogP contribution in [0.2, 0.25) is 6.55 Å². The van der Waals surface area contributed by atoms with Crippen LogP contribution in [0, 0.1) is 0 Å². The highest BCUT2D eigenvalue weighted by atomic mass is 28.2. The molecule has 0 fully saturated rings. The molecular formula is C8H12O3Si. The van der Waals surface area contributed by atoms with E-state index in [4.69, 9.17) is 4.74 Å². The van der Waals surface area contributed by atoms with Gasteiger partial charge >= 0.3 is 5.97 Å². The molecule has 0 unspecified atom stereocenters. The number of hydrogen-bond acceptors (Lipinski definition) is 3. The second-order valence-corrected chi connectivity index (χ2v) is 3.39. The predicted molar refractivity (Wildman–Crippen MR) is 47.0 cm³/mol. The molecule has 3 nitrogen and oxygen atoms in total. The third-order valence-corrected chi connectivity index (χ3v) is 1.59. The molecule has 0 aliphatic carbocycles. The molecule has 0 aromatic carbocycles. The van der Waals surface area contributed by atoms with Crippen molar-refractivity contribution < 1.29 is 14.3 Å². The van der Waals surface area contributed by atoms with E-state index in [0.717, 1.165) is 0 Å². The van der Waals surface area contributed by atoms with Crippen molar-refractivity contribution in [3.63, 3.8) is 0 Å². The van der Waals surface area contributed by atoms with Gasteiger partial charge in [-0.05, 0) is 12.5 Å². The van der Waals surface area contributed by atoms with E-state index >= 15 is 0 Å². The largest absolute Gasteiger partial charge is 0.470 e. The van der Waals surface area contributed by atoms with Crippen LogP contribution in [0.5, 0.6) is 0 Å². The van der Waals surface area contributed by atoms with E-state index in [1.165, 1.54) is 0 Å². The molecule has 0 atom stereocenters. The topological polar surface area (TPSA) is 43.4 Å². The van der Waals surface area contributed by atoms with Gasteiger partial charge in [-0.15, -0.1) is 0 Å². The smallest absolute Gasteiger partial charge is 0.313 e. The highest BCUT2D eigenvalue weighted by Crippen LogP contribution is 1.96. The van der Waals surface area contributed by atoms with Crippen molar-refractivity contribution in [3.8, 4) is 0 Å². The summed E-state index contributed by atoms with van der Waals surface area (Å²) in [5, 5.41) is 0. The summed E-state index contributed by atoms with van der Waals surface area (Å²) in [5.74, 6) is -0.711. The Morgan fingerprint density at radius 3 is 2.50 bits per heavy atom. The van der Waals surface area contributed by atoms with Gasteiger partial charge in [0.05, 0.1) is 15.7 Å². The molecule has 2 radical (unpaired) electrons. The van der Waals surface area contributed by atoms with Crippen molar-refractivity contribution in [2.45, 2.75) is 19.9 Å². The summed E-state index contributed by atoms with van der Waals surface area (Å²) in [6, 6.07) is 0. The molecule has 0 aliphatic heterocycles. The third-order valence-electron chi connectivity index (χ3n) is 1.16. The zero-order chi connectivity index (χ0) is 9.56. The Bertz CT molecular complexity index is 198. The van der Waals surface area contributed by atoms with Crippen molar-refractivity contribution in [1.29, 1.82) is 0 Å². The molecule has 0 N–H and O–H groups in total. The van der Waals surface area contributed by atoms with Gasteiger partial charge in [-0.1, -0.05) is 13.1 Å². The van der Waals surface area contributed by atoms with Crippen LogP contribution in [0.15, 0.2) is 12.2 Å². The average molecular weight is 184 g/mol. The summed E-state index contributed by atoms with van der Waals surface area (Å²) < 4.78 is 4.72. The molecule has 4 heteroatoms. The molecule has 0 amide bonds. The lowest BCUT2D eigenvalue weighted by Gasteiger charge is -2.00. The van der Waals surface area contributed by atoms with Crippen LogP contribution < -0.4 is 0 Å². The Kier molecular flexibility index (Phi) is 5.28. The number of ketones is 1. The number of rotatable bonds is 5. The number of carbonyl (C=O) groups is 2. The van der Waals surface area contributed by atoms with Crippen LogP contribution in [0.1, 0.15) is 13.3 Å². The van der Waals surface area contributed by atoms with Crippen molar-refractivity contribution >= 4 is 21.3 Å². The van der Waals surface area contributed by atoms with E-state index in [0.29, 0.717) is 21.3 Å². The first kappa shape index (κ1) is 11.1. The number of carbonyl (C=O) groups excluding carboxylic acids is 2. The predicted octanol–water partition coefficient (Wildman–Crippen LogP) is 0.775. The maximum atomic E-state index is 10.9. The van der Waals surface area contributed by atoms with Crippen LogP contribution in [-0.4, -0.2) is 27.5 Å². The molecule has 0 saturated carbocycles. The number of ether oxygens (including phenoxy) is 1. The van der Waals surface area contributed by atoms with Gasteiger partial charge in [-0.2, -0.15) is 0 Å². The first-order chi connectivity index (χ1) is 5.57. The van der Waals surface area contributed by atoms with E-state index in [2.05, 4.69) is 6.58 Å². The first-order valence-corrected chi connectivity index (χ1v) is 5.27. The molecule has 0 spiro atoms. The Hall–Kier alpha value is -0.903. The number of hydrogen-bond donors (Lipinski definition) is 0. The van der Waals surface area contributed by atoms with Crippen molar-refractivity contribution in [1.82, 2.24) is 0 Å². The lowest BCUT2D eigenvalue weighted by molar-refractivity contribution is -0.143. The van der Waals surface area contributed by atoms with E-state index in [-0.39, 0.29) is 12.2 Å². The van der Waals surface area contributed by atoms with Crippen LogP contribution >= 0.6 is 0 Å². The summed E-state index contributed by atoms with van der Waals surface area (Å²) in [5.41, 5.74) is 0.394. The maximum absolute atomic E-state index is 10.9. The Morgan fingerprint density at radius 1 is 1.50 bits per heavy atom. The van der Waals surface area contributed by atoms with Gasteiger partial charge < -0.3 is 4.74 Å². The van der Waals surface area contributed by atoms with Gasteiger partial charge in [0.15, 0.2) is 5.78 Å². The highest BCUT2D eigenvalue weighted by Gasteiger charge is 2.10. The Morgan fingerprint density at radius 2 is 2.08 bits per heavy atom. The van der Waals surface area contributed by atoms with Crippen molar-refractivity contribution in [3.05, 3.63) is 12.2 Å².